The minimum Gasteiger partial charge on any atom is -0.317 e. The third-order valence-corrected chi connectivity index (χ3v) is 2.48. The van der Waals surface area contributed by atoms with E-state index in [1.165, 1.54) is 0 Å². The molecule has 1 nitrogen and oxygen atoms in total. The molecule has 0 amide bonds. The first-order valence-corrected chi connectivity index (χ1v) is 4.05. The average molecular weight is 145 g/mol. The fourth-order valence-corrected chi connectivity index (χ4v) is 1.76. The normalized spacial score (nSPS) is 41.7. The van der Waals surface area contributed by atoms with Crippen molar-refractivity contribution in [3.05, 3.63) is 0 Å². The van der Waals surface area contributed by atoms with Crippen LogP contribution in [0.4, 0.5) is 4.39 Å². The van der Waals surface area contributed by atoms with Crippen molar-refractivity contribution in [3.63, 3.8) is 0 Å². The van der Waals surface area contributed by atoms with Gasteiger partial charge in [0.1, 0.15) is 6.17 Å². The summed E-state index contributed by atoms with van der Waals surface area (Å²) in [5, 5.41) is 3.21. The summed E-state index contributed by atoms with van der Waals surface area (Å²) in [6.07, 6.45) is 1.94. The monoisotopic (exact) mass is 145 g/mol. The van der Waals surface area contributed by atoms with Crippen molar-refractivity contribution in [2.75, 3.05) is 7.05 Å². The fourth-order valence-electron chi connectivity index (χ4n) is 1.76. The van der Waals surface area contributed by atoms with Crippen LogP contribution in [0.1, 0.15) is 26.2 Å². The third-order valence-electron chi connectivity index (χ3n) is 2.48. The summed E-state index contributed by atoms with van der Waals surface area (Å²) in [6, 6.07) is 0.548. The zero-order chi connectivity index (χ0) is 7.56. The maximum atomic E-state index is 12.7. The summed E-state index contributed by atoms with van der Waals surface area (Å²) >= 11 is 0. The minimum absolute atomic E-state index is 0.508. The first kappa shape index (κ1) is 7.99. The van der Waals surface area contributed by atoms with Gasteiger partial charge in [0.25, 0.3) is 0 Å². The van der Waals surface area contributed by atoms with E-state index in [4.69, 9.17) is 0 Å². The summed E-state index contributed by atoms with van der Waals surface area (Å²) < 4.78 is 12.7. The lowest BCUT2D eigenvalue weighted by molar-refractivity contribution is 0.174. The average Bonchev–Trinajstić information content (AvgIpc) is 1.88. The van der Waals surface area contributed by atoms with Crippen molar-refractivity contribution in [2.45, 2.75) is 38.4 Å². The van der Waals surface area contributed by atoms with E-state index < -0.39 is 6.17 Å². The van der Waals surface area contributed by atoms with Gasteiger partial charge >= 0.3 is 0 Å². The fraction of sp³-hybridized carbons (Fsp3) is 1.00. The molecule has 0 aromatic carbocycles. The number of hydrogen-bond donors (Lipinski definition) is 1. The molecule has 0 aromatic rings. The van der Waals surface area contributed by atoms with Crippen LogP contribution in [0.5, 0.6) is 0 Å². The Morgan fingerprint density at radius 3 is 2.60 bits per heavy atom. The van der Waals surface area contributed by atoms with Crippen LogP contribution in [0.2, 0.25) is 0 Å². The van der Waals surface area contributed by atoms with Crippen LogP contribution in [-0.2, 0) is 0 Å². The molecule has 10 heavy (non-hydrogen) atoms. The highest BCUT2D eigenvalue weighted by molar-refractivity contribution is 4.80. The highest BCUT2D eigenvalue weighted by Crippen LogP contribution is 2.25. The number of rotatable bonds is 1. The van der Waals surface area contributed by atoms with Gasteiger partial charge in [-0.05, 0) is 32.2 Å². The Balaban J connectivity index is 2.36. The Labute approximate surface area is 62.0 Å². The quantitative estimate of drug-likeness (QED) is 0.592. The van der Waals surface area contributed by atoms with Crippen LogP contribution in [-0.4, -0.2) is 19.3 Å². The van der Waals surface area contributed by atoms with E-state index in [0.29, 0.717) is 12.0 Å². The smallest absolute Gasteiger partial charge is 0.100 e. The van der Waals surface area contributed by atoms with E-state index in [1.807, 2.05) is 7.05 Å². The van der Waals surface area contributed by atoms with Gasteiger partial charge in [-0.25, -0.2) is 4.39 Å². The Bertz CT molecular complexity index is 105. The SMILES string of the molecule is CNC1CCC(F)C[C@H]1C. The molecule has 0 aromatic heterocycles. The molecule has 2 heteroatoms. The number of nitrogens with one attached hydrogen (secondary N) is 1. The Morgan fingerprint density at radius 1 is 1.40 bits per heavy atom. The van der Waals surface area contributed by atoms with Crippen LogP contribution in [0.15, 0.2) is 0 Å². The van der Waals surface area contributed by atoms with Crippen molar-refractivity contribution in [2.24, 2.45) is 5.92 Å². The van der Waals surface area contributed by atoms with Crippen LogP contribution in [0.3, 0.4) is 0 Å². The zero-order valence-corrected chi connectivity index (χ0v) is 6.73. The zero-order valence-electron chi connectivity index (χ0n) is 6.73. The summed E-state index contributed by atoms with van der Waals surface area (Å²) in [6.45, 7) is 2.12. The molecule has 0 spiro atoms. The molecule has 0 radical (unpaired) electrons. The molecule has 1 aliphatic carbocycles. The van der Waals surface area contributed by atoms with Crippen LogP contribution >= 0.6 is 0 Å². The molecule has 0 heterocycles. The van der Waals surface area contributed by atoms with E-state index >= 15 is 0 Å². The second-order valence-electron chi connectivity index (χ2n) is 3.28. The van der Waals surface area contributed by atoms with Gasteiger partial charge in [-0.1, -0.05) is 6.92 Å². The van der Waals surface area contributed by atoms with Crippen LogP contribution < -0.4 is 5.32 Å². The Hall–Kier alpha value is -0.110. The molecular formula is C8H16FN. The predicted octanol–water partition coefficient (Wildman–Crippen LogP) is 1.73. The van der Waals surface area contributed by atoms with Crippen molar-refractivity contribution in [3.8, 4) is 0 Å². The van der Waals surface area contributed by atoms with E-state index in [9.17, 15) is 4.39 Å². The first-order chi connectivity index (χ1) is 4.74. The molecule has 0 bridgehead atoms. The van der Waals surface area contributed by atoms with Crippen molar-refractivity contribution >= 4 is 0 Å². The molecular weight excluding hydrogens is 129 g/mol. The van der Waals surface area contributed by atoms with Gasteiger partial charge in [0, 0.05) is 6.04 Å². The van der Waals surface area contributed by atoms with Gasteiger partial charge in [0.05, 0.1) is 0 Å². The standard InChI is InChI=1S/C8H16FN/c1-6-5-7(9)3-4-8(6)10-2/h6-8,10H,3-5H2,1-2H3/t6-,7?,8?/m1/s1. The summed E-state index contributed by atoms with van der Waals surface area (Å²) in [5.41, 5.74) is 0. The summed E-state index contributed by atoms with van der Waals surface area (Å²) in [7, 11) is 1.96. The summed E-state index contributed by atoms with van der Waals surface area (Å²) in [5.74, 6) is 0.508. The largest absolute Gasteiger partial charge is 0.317 e. The third kappa shape index (κ3) is 1.69. The molecule has 1 aliphatic rings. The second-order valence-corrected chi connectivity index (χ2v) is 3.28. The van der Waals surface area contributed by atoms with Crippen molar-refractivity contribution < 1.29 is 4.39 Å². The van der Waals surface area contributed by atoms with Crippen LogP contribution in [0, 0.1) is 5.92 Å². The number of hydrogen-bond acceptors (Lipinski definition) is 1. The highest BCUT2D eigenvalue weighted by atomic mass is 19.1. The lowest BCUT2D eigenvalue weighted by Gasteiger charge is -2.30. The van der Waals surface area contributed by atoms with E-state index in [1.54, 1.807) is 0 Å². The van der Waals surface area contributed by atoms with Crippen molar-refractivity contribution in [1.82, 2.24) is 5.32 Å². The first-order valence-electron chi connectivity index (χ1n) is 4.05. The van der Waals surface area contributed by atoms with Gasteiger partial charge in [-0.15, -0.1) is 0 Å². The maximum absolute atomic E-state index is 12.7. The Kier molecular flexibility index (Phi) is 2.66. The molecule has 3 atom stereocenters. The van der Waals surface area contributed by atoms with Gasteiger partial charge in [-0.2, -0.15) is 0 Å². The van der Waals surface area contributed by atoms with Crippen LogP contribution in [0.25, 0.3) is 0 Å². The van der Waals surface area contributed by atoms with Gasteiger partial charge in [0.15, 0.2) is 0 Å². The lowest BCUT2D eigenvalue weighted by Crippen LogP contribution is -2.37. The summed E-state index contributed by atoms with van der Waals surface area (Å²) in [4.78, 5) is 0. The minimum atomic E-state index is -0.542. The van der Waals surface area contributed by atoms with Crippen molar-refractivity contribution in [1.29, 1.82) is 0 Å². The van der Waals surface area contributed by atoms with E-state index in [2.05, 4.69) is 12.2 Å². The second kappa shape index (κ2) is 3.33. The van der Waals surface area contributed by atoms with Gasteiger partial charge < -0.3 is 5.32 Å². The highest BCUT2D eigenvalue weighted by Gasteiger charge is 2.25. The topological polar surface area (TPSA) is 12.0 Å². The molecule has 1 N–H and O–H groups in total. The van der Waals surface area contributed by atoms with E-state index in [0.717, 1.165) is 19.3 Å². The predicted molar refractivity (Wildman–Crippen MR) is 40.8 cm³/mol. The molecule has 2 unspecified atom stereocenters. The maximum Gasteiger partial charge on any atom is 0.100 e. The molecule has 0 aliphatic heterocycles. The Morgan fingerprint density at radius 2 is 2.10 bits per heavy atom. The molecule has 60 valence electrons. The molecule has 1 rings (SSSR count). The van der Waals surface area contributed by atoms with Gasteiger partial charge in [-0.3, -0.25) is 0 Å². The molecule has 1 fully saturated rings. The lowest BCUT2D eigenvalue weighted by atomic mass is 9.85. The van der Waals surface area contributed by atoms with Gasteiger partial charge in [0.2, 0.25) is 0 Å². The number of alkyl halides is 1. The van der Waals surface area contributed by atoms with E-state index in [-0.39, 0.29) is 0 Å². The molecule has 0 saturated heterocycles. The molecule has 1 saturated carbocycles. The number of halogens is 1.